The molecule has 0 aliphatic rings. The summed E-state index contributed by atoms with van der Waals surface area (Å²) < 4.78 is 42.5. The standard InChI is InChI=1S/C9H9BrF3NO/c1-15-7-4-5(10)2-3-6(7)8(14)9(11,12)13/h2-4,8H,14H2,1H3/t8-/m1/s1. The Morgan fingerprint density at radius 1 is 1.40 bits per heavy atom. The van der Waals surface area contributed by atoms with Gasteiger partial charge in [-0.25, -0.2) is 0 Å². The van der Waals surface area contributed by atoms with Gasteiger partial charge in [-0.15, -0.1) is 0 Å². The molecule has 0 saturated carbocycles. The van der Waals surface area contributed by atoms with Crippen molar-refractivity contribution in [1.29, 1.82) is 0 Å². The molecular formula is C9H9BrF3NO. The van der Waals surface area contributed by atoms with E-state index >= 15 is 0 Å². The molecule has 0 amide bonds. The summed E-state index contributed by atoms with van der Waals surface area (Å²) in [5.74, 6) is 0.120. The van der Waals surface area contributed by atoms with Crippen LogP contribution in [0.5, 0.6) is 5.75 Å². The van der Waals surface area contributed by atoms with Crippen LogP contribution in [0.3, 0.4) is 0 Å². The zero-order chi connectivity index (χ0) is 11.6. The highest BCUT2D eigenvalue weighted by Gasteiger charge is 2.39. The molecule has 1 atom stereocenters. The first-order chi connectivity index (χ1) is 6.86. The highest BCUT2D eigenvalue weighted by atomic mass is 79.9. The summed E-state index contributed by atoms with van der Waals surface area (Å²) in [4.78, 5) is 0. The topological polar surface area (TPSA) is 35.2 Å². The Hall–Kier alpha value is -0.750. The Bertz CT molecular complexity index is 354. The number of benzene rings is 1. The fourth-order valence-electron chi connectivity index (χ4n) is 1.12. The van der Waals surface area contributed by atoms with E-state index in [1.807, 2.05) is 0 Å². The molecule has 0 aliphatic heterocycles. The predicted molar refractivity (Wildman–Crippen MR) is 53.7 cm³/mol. The van der Waals surface area contributed by atoms with E-state index in [0.29, 0.717) is 4.47 Å². The van der Waals surface area contributed by atoms with Crippen molar-refractivity contribution in [3.8, 4) is 5.75 Å². The summed E-state index contributed by atoms with van der Waals surface area (Å²) in [6, 6.07) is 2.20. The molecule has 0 aliphatic carbocycles. The molecular weight excluding hydrogens is 275 g/mol. The highest BCUT2D eigenvalue weighted by molar-refractivity contribution is 9.10. The van der Waals surface area contributed by atoms with E-state index in [2.05, 4.69) is 15.9 Å². The first-order valence-electron chi connectivity index (χ1n) is 4.02. The van der Waals surface area contributed by atoms with Crippen LogP contribution in [0.1, 0.15) is 11.6 Å². The summed E-state index contributed by atoms with van der Waals surface area (Å²) in [5, 5.41) is 0. The Morgan fingerprint density at radius 2 is 2.00 bits per heavy atom. The average molecular weight is 284 g/mol. The maximum atomic E-state index is 12.4. The molecule has 15 heavy (non-hydrogen) atoms. The quantitative estimate of drug-likeness (QED) is 0.906. The molecule has 84 valence electrons. The molecule has 6 heteroatoms. The number of methoxy groups -OCH3 is 1. The van der Waals surface area contributed by atoms with E-state index in [0.717, 1.165) is 0 Å². The summed E-state index contributed by atoms with van der Waals surface area (Å²) >= 11 is 3.13. The molecule has 0 heterocycles. The van der Waals surface area contributed by atoms with Crippen molar-refractivity contribution in [3.05, 3.63) is 28.2 Å². The van der Waals surface area contributed by atoms with Crippen LogP contribution in [0, 0.1) is 0 Å². The number of halogens is 4. The minimum atomic E-state index is -4.47. The SMILES string of the molecule is COc1cc(Br)ccc1[C@@H](N)C(F)(F)F. The smallest absolute Gasteiger partial charge is 0.407 e. The van der Waals surface area contributed by atoms with Crippen molar-refractivity contribution in [1.82, 2.24) is 0 Å². The molecule has 2 N–H and O–H groups in total. The molecule has 1 rings (SSSR count). The second-order valence-electron chi connectivity index (χ2n) is 2.91. The van der Waals surface area contributed by atoms with Gasteiger partial charge < -0.3 is 10.5 Å². The molecule has 1 aromatic carbocycles. The molecule has 0 bridgehead atoms. The van der Waals surface area contributed by atoms with E-state index in [1.165, 1.54) is 25.3 Å². The third-order valence-corrected chi connectivity index (χ3v) is 2.38. The summed E-state index contributed by atoms with van der Waals surface area (Å²) in [6.07, 6.45) is -4.47. The van der Waals surface area contributed by atoms with Crippen LogP contribution in [0.2, 0.25) is 0 Å². The van der Waals surface area contributed by atoms with Crippen LogP contribution >= 0.6 is 15.9 Å². The summed E-state index contributed by atoms with van der Waals surface area (Å²) in [6.45, 7) is 0. The highest BCUT2D eigenvalue weighted by Crippen LogP contribution is 2.36. The number of rotatable bonds is 2. The molecule has 1 aromatic rings. The van der Waals surface area contributed by atoms with Crippen molar-refractivity contribution in [2.45, 2.75) is 12.2 Å². The number of hydrogen-bond acceptors (Lipinski definition) is 2. The maximum Gasteiger partial charge on any atom is 0.407 e. The molecule has 0 unspecified atom stereocenters. The fraction of sp³-hybridized carbons (Fsp3) is 0.333. The lowest BCUT2D eigenvalue weighted by Gasteiger charge is -2.18. The van der Waals surface area contributed by atoms with Crippen LogP contribution in [0.15, 0.2) is 22.7 Å². The van der Waals surface area contributed by atoms with Gasteiger partial charge in [-0.05, 0) is 12.1 Å². The predicted octanol–water partition coefficient (Wildman–Crippen LogP) is 3.02. The van der Waals surface area contributed by atoms with Gasteiger partial charge in [-0.1, -0.05) is 22.0 Å². The van der Waals surface area contributed by atoms with Gasteiger partial charge >= 0.3 is 6.18 Å². The molecule has 0 saturated heterocycles. The van der Waals surface area contributed by atoms with Crippen LogP contribution in [0.4, 0.5) is 13.2 Å². The van der Waals surface area contributed by atoms with Gasteiger partial charge in [0.1, 0.15) is 11.8 Å². The van der Waals surface area contributed by atoms with Crippen molar-refractivity contribution in [3.63, 3.8) is 0 Å². The first-order valence-corrected chi connectivity index (χ1v) is 4.81. The van der Waals surface area contributed by atoms with E-state index in [9.17, 15) is 13.2 Å². The van der Waals surface area contributed by atoms with Gasteiger partial charge in [0, 0.05) is 10.0 Å². The number of hydrogen-bond donors (Lipinski definition) is 1. The van der Waals surface area contributed by atoms with Crippen LogP contribution in [-0.2, 0) is 0 Å². The molecule has 0 fully saturated rings. The zero-order valence-electron chi connectivity index (χ0n) is 7.81. The number of alkyl halides is 3. The number of nitrogens with two attached hydrogens (primary N) is 1. The second-order valence-corrected chi connectivity index (χ2v) is 3.82. The van der Waals surface area contributed by atoms with Gasteiger partial charge in [0.15, 0.2) is 0 Å². The lowest BCUT2D eigenvalue weighted by Crippen LogP contribution is -2.28. The Morgan fingerprint density at radius 3 is 2.47 bits per heavy atom. The van der Waals surface area contributed by atoms with Crippen LogP contribution < -0.4 is 10.5 Å². The van der Waals surface area contributed by atoms with Crippen molar-refractivity contribution < 1.29 is 17.9 Å². The van der Waals surface area contributed by atoms with E-state index in [1.54, 1.807) is 0 Å². The molecule has 0 aromatic heterocycles. The fourth-order valence-corrected chi connectivity index (χ4v) is 1.46. The number of ether oxygens (including phenoxy) is 1. The van der Waals surface area contributed by atoms with Gasteiger partial charge in [-0.3, -0.25) is 0 Å². The van der Waals surface area contributed by atoms with E-state index < -0.39 is 12.2 Å². The largest absolute Gasteiger partial charge is 0.496 e. The maximum absolute atomic E-state index is 12.4. The van der Waals surface area contributed by atoms with Gasteiger partial charge in [-0.2, -0.15) is 13.2 Å². The Labute approximate surface area is 93.3 Å². The van der Waals surface area contributed by atoms with E-state index in [4.69, 9.17) is 10.5 Å². The molecule has 0 spiro atoms. The van der Waals surface area contributed by atoms with Gasteiger partial charge in [0.05, 0.1) is 7.11 Å². The normalized spacial score (nSPS) is 13.7. The third-order valence-electron chi connectivity index (χ3n) is 1.88. The average Bonchev–Trinajstić information content (AvgIpc) is 2.15. The monoisotopic (exact) mass is 283 g/mol. The lowest BCUT2D eigenvalue weighted by molar-refractivity contribution is -0.149. The zero-order valence-corrected chi connectivity index (χ0v) is 9.39. The minimum Gasteiger partial charge on any atom is -0.496 e. The van der Waals surface area contributed by atoms with Crippen molar-refractivity contribution in [2.24, 2.45) is 5.73 Å². The van der Waals surface area contributed by atoms with Crippen molar-refractivity contribution in [2.75, 3.05) is 7.11 Å². The van der Waals surface area contributed by atoms with Crippen LogP contribution in [-0.4, -0.2) is 13.3 Å². The molecule has 0 radical (unpaired) electrons. The first kappa shape index (κ1) is 12.3. The van der Waals surface area contributed by atoms with E-state index in [-0.39, 0.29) is 11.3 Å². The van der Waals surface area contributed by atoms with Crippen LogP contribution in [0.25, 0.3) is 0 Å². The molecule has 2 nitrogen and oxygen atoms in total. The Balaban J connectivity index is 3.14. The van der Waals surface area contributed by atoms with Gasteiger partial charge in [0.2, 0.25) is 0 Å². The summed E-state index contributed by atoms with van der Waals surface area (Å²) in [5.41, 5.74) is 5.00. The summed E-state index contributed by atoms with van der Waals surface area (Å²) in [7, 11) is 1.30. The second kappa shape index (κ2) is 4.40. The lowest BCUT2D eigenvalue weighted by atomic mass is 10.1. The third kappa shape index (κ3) is 2.85. The van der Waals surface area contributed by atoms with Gasteiger partial charge in [0.25, 0.3) is 0 Å². The van der Waals surface area contributed by atoms with Crippen molar-refractivity contribution >= 4 is 15.9 Å². The minimum absolute atomic E-state index is 0.0757. The Kier molecular flexibility index (Phi) is 3.62.